The number of benzene rings is 1. The molecule has 0 fully saturated rings. The number of nitrogens with zero attached hydrogens (tertiary/aromatic N) is 1. The number of rotatable bonds is 3. The minimum absolute atomic E-state index is 0. The molecule has 0 aliphatic carbocycles. The van der Waals surface area contributed by atoms with Gasteiger partial charge in [0, 0.05) is 17.3 Å². The number of methoxy groups -OCH3 is 1. The maximum Gasteiger partial charge on any atom is 0.270 e. The van der Waals surface area contributed by atoms with E-state index in [0.717, 1.165) is 0 Å². The van der Waals surface area contributed by atoms with E-state index < -0.39 is 0 Å². The fourth-order valence-corrected chi connectivity index (χ4v) is 1.23. The molecule has 1 amide bonds. The first-order chi connectivity index (χ1) is 7.86. The summed E-state index contributed by atoms with van der Waals surface area (Å²) in [5.41, 5.74) is 2.68. The van der Waals surface area contributed by atoms with E-state index in [2.05, 4.69) is 5.43 Å². The van der Waals surface area contributed by atoms with Crippen molar-refractivity contribution in [2.24, 2.45) is 0 Å². The first-order valence-electron chi connectivity index (χ1n) is 5.26. The molecule has 1 rings (SSSR count). The van der Waals surface area contributed by atoms with Crippen LogP contribution in [0, 0.1) is 0 Å². The van der Waals surface area contributed by atoms with E-state index in [0.29, 0.717) is 11.3 Å². The number of halogens is 2. The molecule has 18 heavy (non-hydrogen) atoms. The number of ether oxygens (including phenoxy) is 1. The summed E-state index contributed by atoms with van der Waals surface area (Å²) in [7, 11) is 1.52. The maximum absolute atomic E-state index is 12.0. The molecule has 0 saturated carbocycles. The Morgan fingerprint density at radius 2 is 1.89 bits per heavy atom. The lowest BCUT2D eigenvalue weighted by Gasteiger charge is -2.28. The molecule has 1 aromatic rings. The van der Waals surface area contributed by atoms with Crippen LogP contribution in [0.1, 0.15) is 31.1 Å². The normalized spacial score (nSPS) is 10.8. The summed E-state index contributed by atoms with van der Waals surface area (Å²) in [5, 5.41) is 0. The average Bonchev–Trinajstić information content (AvgIpc) is 2.27. The highest BCUT2D eigenvalue weighted by molar-refractivity contribution is 6.14. The van der Waals surface area contributed by atoms with Gasteiger partial charge >= 0.3 is 0 Å². The Kier molecular flexibility index (Phi) is 6.46. The van der Waals surface area contributed by atoms with Gasteiger partial charge in [0.1, 0.15) is 5.75 Å². The molecule has 0 unspecified atom stereocenters. The van der Waals surface area contributed by atoms with E-state index in [1.807, 2.05) is 20.8 Å². The molecule has 0 aromatic heterocycles. The van der Waals surface area contributed by atoms with E-state index in [4.69, 9.17) is 16.5 Å². The monoisotopic (exact) mass is 292 g/mol. The Hall–Kier alpha value is -0.970. The molecule has 0 aliphatic heterocycles. The van der Waals surface area contributed by atoms with Gasteiger partial charge in [0.2, 0.25) is 0 Å². The van der Waals surface area contributed by atoms with Crippen LogP contribution in [0.3, 0.4) is 0 Å². The third-order valence-corrected chi connectivity index (χ3v) is 2.73. The summed E-state index contributed by atoms with van der Waals surface area (Å²) in [6.45, 7) is 5.67. The van der Waals surface area contributed by atoms with Crippen LogP contribution in [0.15, 0.2) is 24.3 Å². The number of hydrazine groups is 1. The lowest BCUT2D eigenvalue weighted by atomic mass is 10.1. The molecule has 0 bridgehead atoms. The summed E-state index contributed by atoms with van der Waals surface area (Å²) >= 11 is 5.96. The van der Waals surface area contributed by atoms with Gasteiger partial charge in [-0.05, 0) is 32.9 Å². The number of hydrogen-bond donors (Lipinski definition) is 1. The molecule has 0 saturated heterocycles. The predicted molar refractivity (Wildman–Crippen MR) is 75.2 cm³/mol. The summed E-state index contributed by atoms with van der Waals surface area (Å²) in [4.78, 5) is 12.0. The molecule has 0 spiro atoms. The van der Waals surface area contributed by atoms with E-state index in [9.17, 15) is 4.79 Å². The molecule has 0 heterocycles. The molecule has 0 atom stereocenters. The molecule has 1 aromatic carbocycles. The third-order valence-electron chi connectivity index (χ3n) is 2.14. The zero-order valence-corrected chi connectivity index (χ0v) is 12.4. The van der Waals surface area contributed by atoms with Gasteiger partial charge in [-0.2, -0.15) is 0 Å². The fourth-order valence-electron chi connectivity index (χ4n) is 1.15. The van der Waals surface area contributed by atoms with Gasteiger partial charge in [0.05, 0.1) is 12.7 Å². The van der Waals surface area contributed by atoms with Crippen LogP contribution in [0.4, 0.5) is 0 Å². The van der Waals surface area contributed by atoms with Gasteiger partial charge in [-0.1, -0.05) is 12.1 Å². The first-order valence-corrected chi connectivity index (χ1v) is 5.60. The van der Waals surface area contributed by atoms with Crippen molar-refractivity contribution in [3.63, 3.8) is 0 Å². The number of para-hydroxylation sites is 1. The highest BCUT2D eigenvalue weighted by Gasteiger charge is 2.23. The second-order valence-corrected chi connectivity index (χ2v) is 4.93. The highest BCUT2D eigenvalue weighted by atomic mass is 35.5. The van der Waals surface area contributed by atoms with Crippen molar-refractivity contribution in [3.05, 3.63) is 29.8 Å². The molecule has 102 valence electrons. The SMILES string of the molecule is COc1ccccc1C(=O)NN(Cl)C(C)(C)C.Cl. The van der Waals surface area contributed by atoms with Crippen molar-refractivity contribution in [1.82, 2.24) is 9.95 Å². The average molecular weight is 293 g/mol. The topological polar surface area (TPSA) is 41.6 Å². The van der Waals surface area contributed by atoms with Gasteiger partial charge in [-0.3, -0.25) is 10.2 Å². The largest absolute Gasteiger partial charge is 0.496 e. The van der Waals surface area contributed by atoms with Crippen LogP contribution >= 0.6 is 24.2 Å². The number of amides is 1. The smallest absolute Gasteiger partial charge is 0.270 e. The van der Waals surface area contributed by atoms with Gasteiger partial charge < -0.3 is 4.74 Å². The van der Waals surface area contributed by atoms with Crippen molar-refractivity contribution >= 4 is 30.1 Å². The predicted octanol–water partition coefficient (Wildman–Crippen LogP) is 3.02. The highest BCUT2D eigenvalue weighted by Crippen LogP contribution is 2.19. The van der Waals surface area contributed by atoms with Crippen molar-refractivity contribution in [1.29, 1.82) is 0 Å². The number of carbonyl (C=O) groups is 1. The first kappa shape index (κ1) is 17.0. The van der Waals surface area contributed by atoms with Crippen LogP contribution in [0.5, 0.6) is 5.75 Å². The molecule has 6 heteroatoms. The Bertz CT molecular complexity index is 405. The summed E-state index contributed by atoms with van der Waals surface area (Å²) in [6.07, 6.45) is 0. The number of nitrogens with one attached hydrogen (secondary N) is 1. The summed E-state index contributed by atoms with van der Waals surface area (Å²) < 4.78 is 6.36. The minimum atomic E-state index is -0.362. The molecular formula is C12H18Cl2N2O2. The van der Waals surface area contributed by atoms with E-state index >= 15 is 0 Å². The lowest BCUT2D eigenvalue weighted by molar-refractivity contribution is 0.0803. The van der Waals surface area contributed by atoms with Crippen molar-refractivity contribution in [2.75, 3.05) is 7.11 Å². The minimum Gasteiger partial charge on any atom is -0.496 e. The van der Waals surface area contributed by atoms with Crippen molar-refractivity contribution in [3.8, 4) is 5.75 Å². The Morgan fingerprint density at radius 3 is 2.39 bits per heavy atom. The lowest BCUT2D eigenvalue weighted by Crippen LogP contribution is -2.46. The van der Waals surface area contributed by atoms with Crippen LogP contribution in [0.25, 0.3) is 0 Å². The zero-order chi connectivity index (χ0) is 13.1. The van der Waals surface area contributed by atoms with Crippen LogP contribution in [-0.2, 0) is 0 Å². The van der Waals surface area contributed by atoms with Gasteiger partial charge in [-0.25, -0.2) is 0 Å². The Labute approximate surface area is 119 Å². The second-order valence-electron chi connectivity index (χ2n) is 4.59. The van der Waals surface area contributed by atoms with Gasteiger partial charge in [-0.15, -0.1) is 16.9 Å². The summed E-state index contributed by atoms with van der Waals surface area (Å²) in [6, 6.07) is 6.98. The zero-order valence-electron chi connectivity index (χ0n) is 10.9. The van der Waals surface area contributed by atoms with Crippen LogP contribution < -0.4 is 10.2 Å². The fraction of sp³-hybridized carbons (Fsp3) is 0.417. The Morgan fingerprint density at radius 1 is 1.33 bits per heavy atom. The molecule has 0 aliphatic rings. The Balaban J connectivity index is 0.00000289. The third kappa shape index (κ3) is 4.37. The van der Waals surface area contributed by atoms with E-state index in [1.165, 1.54) is 11.6 Å². The van der Waals surface area contributed by atoms with Crippen molar-refractivity contribution < 1.29 is 9.53 Å². The van der Waals surface area contributed by atoms with Crippen LogP contribution in [-0.4, -0.2) is 23.1 Å². The van der Waals surface area contributed by atoms with E-state index in [1.54, 1.807) is 24.3 Å². The van der Waals surface area contributed by atoms with Crippen LogP contribution in [0.2, 0.25) is 0 Å². The van der Waals surface area contributed by atoms with Gasteiger partial charge in [0.15, 0.2) is 0 Å². The number of hydrogen-bond acceptors (Lipinski definition) is 3. The van der Waals surface area contributed by atoms with Gasteiger partial charge in [0.25, 0.3) is 5.91 Å². The summed E-state index contributed by atoms with van der Waals surface area (Å²) in [5.74, 6) is 0.219. The maximum atomic E-state index is 12.0. The molecule has 4 nitrogen and oxygen atoms in total. The standard InChI is InChI=1S/C12H17ClN2O2.ClH/c1-12(2,3)15(13)14-11(16)9-7-5-6-8-10(9)17-4;/h5-8H,1-4H3,(H,14,16);1H. The molecule has 1 N–H and O–H groups in total. The second kappa shape index (κ2) is 6.83. The van der Waals surface area contributed by atoms with E-state index in [-0.39, 0.29) is 23.9 Å². The quantitative estimate of drug-likeness (QED) is 0.688. The van der Waals surface area contributed by atoms with Crippen molar-refractivity contribution in [2.45, 2.75) is 26.3 Å². The molecular weight excluding hydrogens is 275 g/mol. The number of carbonyl (C=O) groups excluding carboxylic acids is 1. The molecule has 0 radical (unpaired) electrons.